The van der Waals surface area contributed by atoms with Gasteiger partial charge in [0, 0.05) is 13.1 Å². The van der Waals surface area contributed by atoms with Crippen molar-refractivity contribution >= 4 is 5.91 Å². The zero-order chi connectivity index (χ0) is 14.4. The van der Waals surface area contributed by atoms with Crippen LogP contribution in [0, 0.1) is 11.7 Å². The van der Waals surface area contributed by atoms with Crippen LogP contribution in [0.25, 0.3) is 0 Å². The van der Waals surface area contributed by atoms with Gasteiger partial charge in [-0.2, -0.15) is 0 Å². The molecule has 0 radical (unpaired) electrons. The number of piperidine rings is 1. The second-order valence-corrected chi connectivity index (χ2v) is 5.64. The van der Waals surface area contributed by atoms with E-state index in [1.165, 1.54) is 18.6 Å². The lowest BCUT2D eigenvalue weighted by Gasteiger charge is -2.31. The van der Waals surface area contributed by atoms with Gasteiger partial charge in [0.2, 0.25) is 5.91 Å². The van der Waals surface area contributed by atoms with Crippen LogP contribution in [-0.2, 0) is 11.2 Å². The van der Waals surface area contributed by atoms with E-state index < -0.39 is 0 Å². The van der Waals surface area contributed by atoms with Gasteiger partial charge in [-0.3, -0.25) is 4.79 Å². The maximum absolute atomic E-state index is 12.8. The standard InChI is InChI=1S/C16H23FN2O/c1-13-3-2-10-19(12-13)16(20)11-18-9-8-14-4-6-15(17)7-5-14/h4-7,13,18H,2-3,8-12H2,1H3. The lowest BCUT2D eigenvalue weighted by molar-refractivity contribution is -0.131. The Kier molecular flexibility index (Phi) is 5.53. The van der Waals surface area contributed by atoms with E-state index in [-0.39, 0.29) is 11.7 Å². The minimum atomic E-state index is -0.212. The van der Waals surface area contributed by atoms with Crippen LogP contribution in [0.2, 0.25) is 0 Å². The smallest absolute Gasteiger partial charge is 0.236 e. The Morgan fingerprint density at radius 1 is 1.40 bits per heavy atom. The Morgan fingerprint density at radius 2 is 2.15 bits per heavy atom. The van der Waals surface area contributed by atoms with Gasteiger partial charge >= 0.3 is 0 Å². The maximum Gasteiger partial charge on any atom is 0.236 e. The molecule has 1 aliphatic rings. The highest BCUT2D eigenvalue weighted by Crippen LogP contribution is 2.15. The van der Waals surface area contributed by atoms with E-state index in [1.54, 1.807) is 12.1 Å². The zero-order valence-electron chi connectivity index (χ0n) is 12.1. The van der Waals surface area contributed by atoms with Gasteiger partial charge in [-0.25, -0.2) is 4.39 Å². The van der Waals surface area contributed by atoms with Crippen molar-refractivity contribution in [3.8, 4) is 0 Å². The number of nitrogens with zero attached hydrogens (tertiary/aromatic N) is 1. The highest BCUT2D eigenvalue weighted by Gasteiger charge is 2.20. The molecule has 1 aliphatic heterocycles. The number of amides is 1. The van der Waals surface area contributed by atoms with Gasteiger partial charge in [-0.05, 0) is 49.4 Å². The van der Waals surface area contributed by atoms with Crippen molar-refractivity contribution < 1.29 is 9.18 Å². The minimum absolute atomic E-state index is 0.190. The molecule has 1 amide bonds. The molecule has 0 aromatic heterocycles. The van der Waals surface area contributed by atoms with Gasteiger partial charge in [0.15, 0.2) is 0 Å². The molecule has 1 unspecified atom stereocenters. The highest BCUT2D eigenvalue weighted by molar-refractivity contribution is 5.78. The fraction of sp³-hybridized carbons (Fsp3) is 0.562. The van der Waals surface area contributed by atoms with Gasteiger partial charge in [0.25, 0.3) is 0 Å². The van der Waals surface area contributed by atoms with Crippen LogP contribution in [0.3, 0.4) is 0 Å². The normalized spacial score (nSPS) is 19.1. The molecule has 1 aromatic carbocycles. The van der Waals surface area contributed by atoms with E-state index in [9.17, 15) is 9.18 Å². The van der Waals surface area contributed by atoms with Crippen LogP contribution in [0.5, 0.6) is 0 Å². The van der Waals surface area contributed by atoms with Crippen molar-refractivity contribution in [3.63, 3.8) is 0 Å². The number of hydrogen-bond donors (Lipinski definition) is 1. The molecule has 4 heteroatoms. The second-order valence-electron chi connectivity index (χ2n) is 5.64. The van der Waals surface area contributed by atoms with Crippen molar-refractivity contribution in [2.45, 2.75) is 26.2 Å². The summed E-state index contributed by atoms with van der Waals surface area (Å²) in [6.45, 7) is 5.11. The average Bonchev–Trinajstić information content (AvgIpc) is 2.45. The minimum Gasteiger partial charge on any atom is -0.341 e. The van der Waals surface area contributed by atoms with E-state index in [0.717, 1.165) is 38.0 Å². The van der Waals surface area contributed by atoms with Gasteiger partial charge < -0.3 is 10.2 Å². The summed E-state index contributed by atoms with van der Waals surface area (Å²) in [5.74, 6) is 0.596. The molecule has 20 heavy (non-hydrogen) atoms. The monoisotopic (exact) mass is 278 g/mol. The van der Waals surface area contributed by atoms with E-state index in [1.807, 2.05) is 4.90 Å². The van der Waals surface area contributed by atoms with Gasteiger partial charge in [-0.1, -0.05) is 19.1 Å². The van der Waals surface area contributed by atoms with Crippen LogP contribution in [0.15, 0.2) is 24.3 Å². The molecular weight excluding hydrogens is 255 g/mol. The first-order chi connectivity index (χ1) is 9.65. The van der Waals surface area contributed by atoms with E-state index in [0.29, 0.717) is 12.5 Å². The molecule has 0 spiro atoms. The van der Waals surface area contributed by atoms with Gasteiger partial charge in [-0.15, -0.1) is 0 Å². The first-order valence-corrected chi connectivity index (χ1v) is 7.38. The summed E-state index contributed by atoms with van der Waals surface area (Å²) >= 11 is 0. The second kappa shape index (κ2) is 7.39. The highest BCUT2D eigenvalue weighted by atomic mass is 19.1. The molecule has 1 atom stereocenters. The molecule has 0 aliphatic carbocycles. The summed E-state index contributed by atoms with van der Waals surface area (Å²) in [5, 5.41) is 3.18. The number of rotatable bonds is 5. The predicted octanol–water partition coefficient (Wildman–Crippen LogP) is 2.22. The molecular formula is C16H23FN2O. The zero-order valence-corrected chi connectivity index (χ0v) is 12.1. The van der Waals surface area contributed by atoms with Crippen molar-refractivity contribution in [1.82, 2.24) is 10.2 Å². The molecule has 2 rings (SSSR count). The SMILES string of the molecule is CC1CCCN(C(=O)CNCCc2ccc(F)cc2)C1. The molecule has 3 nitrogen and oxygen atoms in total. The van der Waals surface area contributed by atoms with E-state index in [2.05, 4.69) is 12.2 Å². The summed E-state index contributed by atoms with van der Waals surface area (Å²) in [5.41, 5.74) is 1.08. The Bertz CT molecular complexity index is 433. The number of likely N-dealkylation sites (tertiary alicyclic amines) is 1. The Balaban J connectivity index is 1.65. The third kappa shape index (κ3) is 4.60. The average molecular weight is 278 g/mol. The third-order valence-electron chi connectivity index (χ3n) is 3.79. The number of carbonyl (C=O) groups is 1. The van der Waals surface area contributed by atoms with Crippen molar-refractivity contribution in [2.24, 2.45) is 5.92 Å². The van der Waals surface area contributed by atoms with Crippen molar-refractivity contribution in [3.05, 3.63) is 35.6 Å². The van der Waals surface area contributed by atoms with Crippen molar-refractivity contribution in [2.75, 3.05) is 26.2 Å². The molecule has 0 bridgehead atoms. The Morgan fingerprint density at radius 3 is 2.85 bits per heavy atom. The van der Waals surface area contributed by atoms with Gasteiger partial charge in [0.1, 0.15) is 5.82 Å². The summed E-state index contributed by atoms with van der Waals surface area (Å²) in [6, 6.07) is 6.50. The summed E-state index contributed by atoms with van der Waals surface area (Å²) in [7, 11) is 0. The van der Waals surface area contributed by atoms with Crippen LogP contribution in [0.4, 0.5) is 4.39 Å². The predicted molar refractivity (Wildman–Crippen MR) is 78.0 cm³/mol. The van der Waals surface area contributed by atoms with Crippen LogP contribution in [-0.4, -0.2) is 37.0 Å². The number of benzene rings is 1. The van der Waals surface area contributed by atoms with Crippen molar-refractivity contribution in [1.29, 1.82) is 0 Å². The molecule has 1 aromatic rings. The van der Waals surface area contributed by atoms with Crippen LogP contribution in [0.1, 0.15) is 25.3 Å². The summed E-state index contributed by atoms with van der Waals surface area (Å²) in [4.78, 5) is 14.0. The number of carbonyl (C=O) groups excluding carboxylic acids is 1. The summed E-state index contributed by atoms with van der Waals surface area (Å²) in [6.07, 6.45) is 3.15. The Labute approximate surface area is 120 Å². The lowest BCUT2D eigenvalue weighted by Crippen LogP contribution is -2.43. The Hall–Kier alpha value is -1.42. The van der Waals surface area contributed by atoms with Crippen LogP contribution < -0.4 is 5.32 Å². The molecule has 1 saturated heterocycles. The molecule has 110 valence electrons. The topological polar surface area (TPSA) is 32.3 Å². The quantitative estimate of drug-likeness (QED) is 0.838. The van der Waals surface area contributed by atoms with E-state index >= 15 is 0 Å². The number of hydrogen-bond acceptors (Lipinski definition) is 2. The number of nitrogens with one attached hydrogen (secondary N) is 1. The first kappa shape index (κ1) is 15.0. The fourth-order valence-electron chi connectivity index (χ4n) is 2.61. The molecule has 0 saturated carbocycles. The third-order valence-corrected chi connectivity index (χ3v) is 3.79. The fourth-order valence-corrected chi connectivity index (χ4v) is 2.61. The maximum atomic E-state index is 12.8. The first-order valence-electron chi connectivity index (χ1n) is 7.38. The lowest BCUT2D eigenvalue weighted by atomic mass is 10.0. The van der Waals surface area contributed by atoms with Crippen LogP contribution >= 0.6 is 0 Å². The number of halogens is 1. The molecule has 1 heterocycles. The molecule has 1 fully saturated rings. The van der Waals surface area contributed by atoms with E-state index in [4.69, 9.17) is 0 Å². The summed E-state index contributed by atoms with van der Waals surface area (Å²) < 4.78 is 12.8. The van der Waals surface area contributed by atoms with Gasteiger partial charge in [0.05, 0.1) is 6.54 Å². The molecule has 1 N–H and O–H groups in total. The largest absolute Gasteiger partial charge is 0.341 e.